The molecule has 0 bridgehead atoms. The second-order valence-electron chi connectivity index (χ2n) is 4.32. The van der Waals surface area contributed by atoms with Gasteiger partial charge in [-0.2, -0.15) is 0 Å². The number of aliphatic hydroxyl groups is 1. The van der Waals surface area contributed by atoms with E-state index in [2.05, 4.69) is 0 Å². The highest BCUT2D eigenvalue weighted by atomic mass is 32.1. The van der Waals surface area contributed by atoms with Crippen molar-refractivity contribution in [1.29, 1.82) is 0 Å². The van der Waals surface area contributed by atoms with E-state index in [9.17, 15) is 13.9 Å². The summed E-state index contributed by atoms with van der Waals surface area (Å²) in [5, 5.41) is 10.1. The van der Waals surface area contributed by atoms with Crippen LogP contribution in [0.1, 0.15) is 27.0 Å². The third-order valence-electron chi connectivity index (χ3n) is 2.87. The minimum Gasteiger partial charge on any atom is -0.388 e. The molecule has 0 saturated carbocycles. The number of hydrogen-bond donors (Lipinski definition) is 1. The molecule has 1 N–H and O–H groups in total. The van der Waals surface area contributed by atoms with E-state index in [1.807, 2.05) is 19.9 Å². The van der Waals surface area contributed by atoms with Crippen molar-refractivity contribution in [1.82, 2.24) is 0 Å². The zero-order valence-electron chi connectivity index (χ0n) is 10.2. The van der Waals surface area contributed by atoms with E-state index in [4.69, 9.17) is 0 Å². The fraction of sp³-hybridized carbons (Fsp3) is 0.286. The van der Waals surface area contributed by atoms with Gasteiger partial charge in [-0.05, 0) is 37.1 Å². The average Bonchev–Trinajstić information content (AvgIpc) is 2.62. The number of aryl methyl sites for hydroxylation is 2. The minimum atomic E-state index is -0.755. The van der Waals surface area contributed by atoms with E-state index in [1.54, 1.807) is 11.3 Å². The van der Waals surface area contributed by atoms with Crippen LogP contribution in [0.15, 0.2) is 24.3 Å². The van der Waals surface area contributed by atoms with Gasteiger partial charge in [-0.15, -0.1) is 11.3 Å². The van der Waals surface area contributed by atoms with Crippen LogP contribution in [0.25, 0.3) is 0 Å². The van der Waals surface area contributed by atoms with Crippen LogP contribution >= 0.6 is 11.3 Å². The Labute approximate surface area is 109 Å². The van der Waals surface area contributed by atoms with E-state index < -0.39 is 17.7 Å². The summed E-state index contributed by atoms with van der Waals surface area (Å²) in [7, 11) is 0. The second kappa shape index (κ2) is 5.16. The molecule has 0 radical (unpaired) electrons. The van der Waals surface area contributed by atoms with E-state index in [0.29, 0.717) is 5.56 Å². The maximum atomic E-state index is 13.5. The van der Waals surface area contributed by atoms with Crippen molar-refractivity contribution in [2.45, 2.75) is 26.4 Å². The molecule has 1 atom stereocenters. The van der Waals surface area contributed by atoms with Crippen molar-refractivity contribution in [3.63, 3.8) is 0 Å². The van der Waals surface area contributed by atoms with E-state index in [1.165, 1.54) is 12.1 Å². The number of rotatable bonds is 3. The van der Waals surface area contributed by atoms with Gasteiger partial charge in [0.15, 0.2) is 0 Å². The summed E-state index contributed by atoms with van der Waals surface area (Å²) in [6.45, 7) is 3.89. The molecule has 1 nitrogen and oxygen atoms in total. The van der Waals surface area contributed by atoms with Gasteiger partial charge >= 0.3 is 0 Å². The summed E-state index contributed by atoms with van der Waals surface area (Å²) in [4.78, 5) is 2.14. The Morgan fingerprint density at radius 1 is 1.22 bits per heavy atom. The predicted octanol–water partition coefficient (Wildman–Crippen LogP) is 3.92. The molecule has 1 aromatic carbocycles. The SMILES string of the molecule is Cc1cc(C(O)Cc2ccc(F)cc2F)c(C)s1. The highest BCUT2D eigenvalue weighted by Crippen LogP contribution is 2.29. The van der Waals surface area contributed by atoms with Crippen molar-refractivity contribution in [2.24, 2.45) is 0 Å². The standard InChI is InChI=1S/C14H14F2OS/c1-8-5-12(9(2)18-8)14(17)6-10-3-4-11(15)7-13(10)16/h3-5,7,14,17H,6H2,1-2H3. The molecule has 96 valence electrons. The Morgan fingerprint density at radius 3 is 2.50 bits per heavy atom. The van der Waals surface area contributed by atoms with Gasteiger partial charge in [-0.3, -0.25) is 0 Å². The van der Waals surface area contributed by atoms with Crippen molar-refractivity contribution in [3.05, 3.63) is 56.8 Å². The molecule has 0 aliphatic carbocycles. The van der Waals surface area contributed by atoms with E-state index >= 15 is 0 Å². The molecule has 1 unspecified atom stereocenters. The van der Waals surface area contributed by atoms with Gasteiger partial charge in [0.25, 0.3) is 0 Å². The summed E-state index contributed by atoms with van der Waals surface area (Å²) in [6, 6.07) is 5.33. The Bertz CT molecular complexity index is 563. The average molecular weight is 268 g/mol. The minimum absolute atomic E-state index is 0.156. The van der Waals surface area contributed by atoms with E-state index in [-0.39, 0.29) is 6.42 Å². The van der Waals surface area contributed by atoms with Crippen LogP contribution in [0.3, 0.4) is 0 Å². The first kappa shape index (κ1) is 13.2. The van der Waals surface area contributed by atoms with Crippen molar-refractivity contribution < 1.29 is 13.9 Å². The van der Waals surface area contributed by atoms with Gasteiger partial charge in [0, 0.05) is 22.2 Å². The van der Waals surface area contributed by atoms with Gasteiger partial charge in [-0.1, -0.05) is 6.07 Å². The summed E-state index contributed by atoms with van der Waals surface area (Å²) < 4.78 is 26.3. The monoisotopic (exact) mass is 268 g/mol. The van der Waals surface area contributed by atoms with Gasteiger partial charge < -0.3 is 5.11 Å². The summed E-state index contributed by atoms with van der Waals surface area (Å²) in [6.07, 6.45) is -0.599. The van der Waals surface area contributed by atoms with E-state index in [0.717, 1.165) is 21.4 Å². The Hall–Kier alpha value is -1.26. The summed E-state index contributed by atoms with van der Waals surface area (Å²) in [5.41, 5.74) is 1.15. The van der Waals surface area contributed by atoms with Gasteiger partial charge in [0.1, 0.15) is 11.6 Å². The fourth-order valence-corrected chi connectivity index (χ4v) is 2.97. The fourth-order valence-electron chi connectivity index (χ4n) is 1.99. The predicted molar refractivity (Wildman–Crippen MR) is 68.8 cm³/mol. The van der Waals surface area contributed by atoms with Crippen LogP contribution in [0.5, 0.6) is 0 Å². The molecule has 4 heteroatoms. The molecular formula is C14H14F2OS. The van der Waals surface area contributed by atoms with Crippen LogP contribution in [-0.4, -0.2) is 5.11 Å². The van der Waals surface area contributed by atoms with Gasteiger partial charge in [0.05, 0.1) is 6.10 Å². The third-order valence-corrected chi connectivity index (χ3v) is 3.85. The molecule has 2 aromatic rings. The number of benzene rings is 1. The molecular weight excluding hydrogens is 254 g/mol. The molecule has 0 saturated heterocycles. The lowest BCUT2D eigenvalue weighted by molar-refractivity contribution is 0.177. The normalized spacial score (nSPS) is 12.7. The maximum absolute atomic E-state index is 13.5. The van der Waals surface area contributed by atoms with Gasteiger partial charge in [-0.25, -0.2) is 8.78 Å². The zero-order chi connectivity index (χ0) is 13.3. The van der Waals surface area contributed by atoms with Crippen LogP contribution < -0.4 is 0 Å². The van der Waals surface area contributed by atoms with Crippen molar-refractivity contribution in [2.75, 3.05) is 0 Å². The molecule has 0 aliphatic rings. The summed E-state index contributed by atoms with van der Waals surface area (Å²) >= 11 is 1.60. The number of aliphatic hydroxyl groups excluding tert-OH is 1. The first-order valence-corrected chi connectivity index (χ1v) is 6.48. The number of halogens is 2. The zero-order valence-corrected chi connectivity index (χ0v) is 11.0. The molecule has 0 fully saturated rings. The lowest BCUT2D eigenvalue weighted by atomic mass is 10.0. The molecule has 0 amide bonds. The smallest absolute Gasteiger partial charge is 0.129 e. The lowest BCUT2D eigenvalue weighted by Crippen LogP contribution is -2.04. The summed E-state index contributed by atoms with van der Waals surface area (Å²) in [5.74, 6) is -1.22. The molecule has 0 spiro atoms. The highest BCUT2D eigenvalue weighted by Gasteiger charge is 2.15. The third kappa shape index (κ3) is 2.76. The number of hydrogen-bond acceptors (Lipinski definition) is 2. The lowest BCUT2D eigenvalue weighted by Gasteiger charge is -2.11. The Morgan fingerprint density at radius 2 is 1.94 bits per heavy atom. The second-order valence-corrected chi connectivity index (χ2v) is 5.78. The molecule has 2 rings (SSSR count). The topological polar surface area (TPSA) is 20.2 Å². The molecule has 0 aliphatic heterocycles. The quantitative estimate of drug-likeness (QED) is 0.894. The highest BCUT2D eigenvalue weighted by molar-refractivity contribution is 7.12. The first-order valence-electron chi connectivity index (χ1n) is 5.66. The Kier molecular flexibility index (Phi) is 3.78. The molecule has 18 heavy (non-hydrogen) atoms. The van der Waals surface area contributed by atoms with Gasteiger partial charge in [0.2, 0.25) is 0 Å². The van der Waals surface area contributed by atoms with Crippen LogP contribution in [0.4, 0.5) is 8.78 Å². The maximum Gasteiger partial charge on any atom is 0.129 e. The largest absolute Gasteiger partial charge is 0.388 e. The number of thiophene rings is 1. The van der Waals surface area contributed by atoms with Crippen LogP contribution in [-0.2, 0) is 6.42 Å². The first-order chi connectivity index (χ1) is 8.47. The Balaban J connectivity index is 2.21. The van der Waals surface area contributed by atoms with Crippen LogP contribution in [0.2, 0.25) is 0 Å². The van der Waals surface area contributed by atoms with Crippen LogP contribution in [0, 0.1) is 25.5 Å². The molecule has 1 heterocycles. The molecule has 1 aromatic heterocycles. The van der Waals surface area contributed by atoms with Crippen molar-refractivity contribution >= 4 is 11.3 Å². The van der Waals surface area contributed by atoms with Crippen molar-refractivity contribution in [3.8, 4) is 0 Å².